The van der Waals surface area contributed by atoms with Crippen molar-refractivity contribution in [1.82, 2.24) is 5.32 Å². The number of methoxy groups -OCH3 is 1. The van der Waals surface area contributed by atoms with Crippen LogP contribution in [-0.4, -0.2) is 20.2 Å². The van der Waals surface area contributed by atoms with E-state index in [1.54, 1.807) is 19.2 Å². The molecule has 1 N–H and O–H groups in total. The molecule has 0 bridgehead atoms. The molecule has 0 aliphatic carbocycles. The number of halogens is 1. The van der Waals surface area contributed by atoms with Crippen LogP contribution >= 0.6 is 0 Å². The van der Waals surface area contributed by atoms with Gasteiger partial charge in [-0.1, -0.05) is 18.2 Å². The molecule has 0 unspecified atom stereocenters. The quantitative estimate of drug-likeness (QED) is 0.856. The molecular formula is C20H25FN2O. The lowest BCUT2D eigenvalue weighted by Crippen LogP contribution is -2.20. The Kier molecular flexibility index (Phi) is 5.36. The van der Waals surface area contributed by atoms with Crippen molar-refractivity contribution in [3.63, 3.8) is 0 Å². The van der Waals surface area contributed by atoms with Gasteiger partial charge in [0.2, 0.25) is 0 Å². The third kappa shape index (κ3) is 3.88. The highest BCUT2D eigenvalue weighted by molar-refractivity contribution is 5.60. The summed E-state index contributed by atoms with van der Waals surface area (Å²) in [7, 11) is 1.72. The fourth-order valence-electron chi connectivity index (χ4n) is 3.22. The van der Waals surface area contributed by atoms with Crippen molar-refractivity contribution >= 4 is 5.69 Å². The van der Waals surface area contributed by atoms with E-state index in [4.69, 9.17) is 4.74 Å². The largest absolute Gasteiger partial charge is 0.495 e. The zero-order valence-corrected chi connectivity index (χ0v) is 14.4. The number of benzene rings is 2. The maximum Gasteiger partial charge on any atom is 0.142 e. The van der Waals surface area contributed by atoms with Crippen LogP contribution in [0.15, 0.2) is 42.5 Å². The summed E-state index contributed by atoms with van der Waals surface area (Å²) in [5.74, 6) is 0.737. The van der Waals surface area contributed by atoms with E-state index in [-0.39, 0.29) is 11.9 Å². The Morgan fingerprint density at radius 1 is 1.17 bits per heavy atom. The van der Waals surface area contributed by atoms with Gasteiger partial charge < -0.3 is 15.0 Å². The van der Waals surface area contributed by atoms with E-state index in [0.717, 1.165) is 30.9 Å². The second-order valence-corrected chi connectivity index (χ2v) is 6.36. The first kappa shape index (κ1) is 16.8. The van der Waals surface area contributed by atoms with Crippen LogP contribution in [0.3, 0.4) is 0 Å². The van der Waals surface area contributed by atoms with Crippen LogP contribution in [0, 0.1) is 5.82 Å². The van der Waals surface area contributed by atoms with Gasteiger partial charge in [0.25, 0.3) is 0 Å². The third-order valence-corrected chi connectivity index (χ3v) is 4.65. The topological polar surface area (TPSA) is 24.5 Å². The summed E-state index contributed by atoms with van der Waals surface area (Å²) >= 11 is 0. The van der Waals surface area contributed by atoms with E-state index in [9.17, 15) is 4.39 Å². The highest BCUT2D eigenvalue weighted by atomic mass is 19.1. The highest BCUT2D eigenvalue weighted by Gasteiger charge is 2.17. The van der Waals surface area contributed by atoms with Crippen LogP contribution in [0.1, 0.15) is 36.9 Å². The van der Waals surface area contributed by atoms with Crippen LogP contribution < -0.4 is 15.0 Å². The van der Waals surface area contributed by atoms with Gasteiger partial charge in [-0.15, -0.1) is 0 Å². The summed E-state index contributed by atoms with van der Waals surface area (Å²) < 4.78 is 18.9. The molecule has 3 nitrogen and oxygen atoms in total. The van der Waals surface area contributed by atoms with Gasteiger partial charge in [0, 0.05) is 25.7 Å². The number of anilines is 1. The molecule has 0 radical (unpaired) electrons. The smallest absolute Gasteiger partial charge is 0.142 e. The number of rotatable bonds is 6. The van der Waals surface area contributed by atoms with Crippen molar-refractivity contribution in [2.45, 2.75) is 32.4 Å². The fourth-order valence-corrected chi connectivity index (χ4v) is 3.22. The molecule has 24 heavy (non-hydrogen) atoms. The summed E-state index contributed by atoms with van der Waals surface area (Å²) in [4.78, 5) is 2.39. The van der Waals surface area contributed by atoms with Gasteiger partial charge in [-0.05, 0) is 55.2 Å². The molecule has 2 aromatic carbocycles. The monoisotopic (exact) mass is 328 g/mol. The highest BCUT2D eigenvalue weighted by Crippen LogP contribution is 2.32. The number of hydrogen-bond acceptors (Lipinski definition) is 3. The second-order valence-electron chi connectivity index (χ2n) is 6.36. The number of hydrogen-bond donors (Lipinski definition) is 1. The minimum Gasteiger partial charge on any atom is -0.495 e. The molecule has 0 aromatic heterocycles. The molecule has 1 heterocycles. The van der Waals surface area contributed by atoms with Gasteiger partial charge in [-0.25, -0.2) is 4.39 Å². The Hall–Kier alpha value is -2.07. The number of nitrogens with one attached hydrogen (secondary N) is 1. The molecule has 0 saturated carbocycles. The molecule has 0 spiro atoms. The van der Waals surface area contributed by atoms with Gasteiger partial charge in [-0.3, -0.25) is 0 Å². The lowest BCUT2D eigenvalue weighted by atomic mass is 10.1. The maximum absolute atomic E-state index is 13.4. The molecule has 4 heteroatoms. The third-order valence-electron chi connectivity index (χ3n) is 4.65. The van der Waals surface area contributed by atoms with E-state index in [2.05, 4.69) is 29.3 Å². The van der Waals surface area contributed by atoms with Crippen LogP contribution in [-0.2, 0) is 6.54 Å². The van der Waals surface area contributed by atoms with Gasteiger partial charge in [-0.2, -0.15) is 0 Å². The molecule has 2 aromatic rings. The molecule has 1 fully saturated rings. The summed E-state index contributed by atoms with van der Waals surface area (Å²) in [6, 6.07) is 13.2. The van der Waals surface area contributed by atoms with Gasteiger partial charge >= 0.3 is 0 Å². The number of nitrogens with zero attached hydrogens (tertiary/aromatic N) is 1. The van der Waals surface area contributed by atoms with Gasteiger partial charge in [0.05, 0.1) is 12.8 Å². The molecule has 1 aliphatic rings. The van der Waals surface area contributed by atoms with Crippen molar-refractivity contribution in [2.24, 2.45) is 0 Å². The lowest BCUT2D eigenvalue weighted by molar-refractivity contribution is 0.414. The average Bonchev–Trinajstić information content (AvgIpc) is 3.14. The molecule has 1 atom stereocenters. The Morgan fingerprint density at radius 3 is 2.67 bits per heavy atom. The summed E-state index contributed by atoms with van der Waals surface area (Å²) in [5.41, 5.74) is 3.34. The Balaban J connectivity index is 1.69. The van der Waals surface area contributed by atoms with Crippen molar-refractivity contribution in [3.05, 3.63) is 59.4 Å². The Bertz CT molecular complexity index is 683. The first-order chi connectivity index (χ1) is 11.7. The average molecular weight is 328 g/mol. The van der Waals surface area contributed by atoms with E-state index >= 15 is 0 Å². The Labute approximate surface area is 143 Å². The first-order valence-corrected chi connectivity index (χ1v) is 8.58. The van der Waals surface area contributed by atoms with Crippen molar-refractivity contribution < 1.29 is 9.13 Å². The van der Waals surface area contributed by atoms with E-state index in [1.807, 2.05) is 12.1 Å². The lowest BCUT2D eigenvalue weighted by Gasteiger charge is -2.22. The van der Waals surface area contributed by atoms with Crippen molar-refractivity contribution in [3.8, 4) is 5.75 Å². The van der Waals surface area contributed by atoms with Crippen molar-refractivity contribution in [2.75, 3.05) is 25.1 Å². The molecule has 1 saturated heterocycles. The Morgan fingerprint density at radius 2 is 1.96 bits per heavy atom. The normalized spacial score (nSPS) is 15.5. The van der Waals surface area contributed by atoms with Gasteiger partial charge in [0.1, 0.15) is 11.6 Å². The second kappa shape index (κ2) is 7.67. The minimum atomic E-state index is -0.193. The predicted molar refractivity (Wildman–Crippen MR) is 96.1 cm³/mol. The van der Waals surface area contributed by atoms with Crippen LogP contribution in [0.4, 0.5) is 10.1 Å². The zero-order chi connectivity index (χ0) is 16.9. The fraction of sp³-hybridized carbons (Fsp3) is 0.400. The summed E-state index contributed by atoms with van der Waals surface area (Å²) in [6.07, 6.45) is 2.48. The molecular weight excluding hydrogens is 303 g/mol. The predicted octanol–water partition coefficient (Wildman–Crippen LogP) is 4.29. The first-order valence-electron chi connectivity index (χ1n) is 8.58. The van der Waals surface area contributed by atoms with Crippen LogP contribution in [0.2, 0.25) is 0 Å². The SMILES string of the molecule is COc1ccc(CN[C@H](C)c2cccc(F)c2)cc1N1CCCC1. The van der Waals surface area contributed by atoms with E-state index < -0.39 is 0 Å². The summed E-state index contributed by atoms with van der Waals surface area (Å²) in [6.45, 7) is 4.97. The number of ether oxygens (including phenoxy) is 1. The minimum absolute atomic E-state index is 0.0954. The molecule has 3 rings (SSSR count). The zero-order valence-electron chi connectivity index (χ0n) is 14.4. The van der Waals surface area contributed by atoms with Crippen molar-refractivity contribution in [1.29, 1.82) is 0 Å². The van der Waals surface area contributed by atoms with Gasteiger partial charge in [0.15, 0.2) is 0 Å². The molecule has 128 valence electrons. The van der Waals surface area contributed by atoms with Crippen LogP contribution in [0.25, 0.3) is 0 Å². The van der Waals surface area contributed by atoms with E-state index in [0.29, 0.717) is 0 Å². The molecule has 1 aliphatic heterocycles. The standard InChI is InChI=1S/C20H25FN2O/c1-15(17-6-5-7-18(21)13-17)22-14-16-8-9-20(24-2)19(12-16)23-10-3-4-11-23/h5-9,12-13,15,22H,3-4,10-11,14H2,1-2H3/t15-/m1/s1. The van der Waals surface area contributed by atoms with Crippen LogP contribution in [0.5, 0.6) is 5.75 Å². The molecule has 0 amide bonds. The van der Waals surface area contributed by atoms with E-state index in [1.165, 1.54) is 30.2 Å². The maximum atomic E-state index is 13.4. The summed E-state index contributed by atoms with van der Waals surface area (Å²) in [5, 5.41) is 3.47.